The van der Waals surface area contributed by atoms with Crippen LogP contribution in [0.2, 0.25) is 0 Å². The molecule has 0 aliphatic carbocycles. The van der Waals surface area contributed by atoms with Crippen molar-refractivity contribution < 1.29 is 24.1 Å². The molecule has 1 N–H and O–H groups in total. The van der Waals surface area contributed by atoms with Crippen molar-refractivity contribution in [2.24, 2.45) is 0 Å². The number of fused-ring (bicyclic) bond motifs is 1. The average Bonchev–Trinajstić information content (AvgIpc) is 3.11. The minimum atomic E-state index is -0.897. The largest absolute Gasteiger partial charge is 0.495 e. The lowest BCUT2D eigenvalue weighted by Gasteiger charge is -2.12. The topological polar surface area (TPSA) is 70.0 Å². The fraction of sp³-hybridized carbons (Fsp3) is 0.278. The van der Waals surface area contributed by atoms with Gasteiger partial charge in [-0.15, -0.1) is 11.3 Å². The van der Waals surface area contributed by atoms with Crippen LogP contribution in [-0.2, 0) is 0 Å². The number of rotatable bonds is 6. The third-order valence-electron chi connectivity index (χ3n) is 3.88. The van der Waals surface area contributed by atoms with Crippen molar-refractivity contribution in [3.8, 4) is 23.0 Å². The summed E-state index contributed by atoms with van der Waals surface area (Å²) in [6, 6.07) is 8.90. The van der Waals surface area contributed by atoms with Crippen molar-refractivity contribution in [3.05, 3.63) is 40.9 Å². The van der Waals surface area contributed by atoms with Gasteiger partial charge in [-0.05, 0) is 29.8 Å². The maximum atomic E-state index is 10.8. The number of hydrogen-bond donors (Lipinski definition) is 1. The molecular weight excluding hydrogens is 342 g/mol. The lowest BCUT2D eigenvalue weighted by atomic mass is 10.1. The Morgan fingerprint density at radius 2 is 1.44 bits per heavy atom. The minimum absolute atomic E-state index is 0.546. The van der Waals surface area contributed by atoms with Gasteiger partial charge in [0, 0.05) is 0 Å². The molecule has 0 spiro atoms. The second kappa shape index (κ2) is 7.16. The van der Waals surface area contributed by atoms with Crippen LogP contribution in [0.25, 0.3) is 10.2 Å². The van der Waals surface area contributed by atoms with Gasteiger partial charge in [-0.25, -0.2) is 4.98 Å². The molecule has 132 valence electrons. The van der Waals surface area contributed by atoms with Gasteiger partial charge < -0.3 is 24.1 Å². The number of benzene rings is 2. The summed E-state index contributed by atoms with van der Waals surface area (Å²) in [5, 5.41) is 11.3. The molecule has 1 atom stereocenters. The van der Waals surface area contributed by atoms with Crippen LogP contribution >= 0.6 is 11.3 Å². The van der Waals surface area contributed by atoms with Crippen LogP contribution < -0.4 is 18.9 Å². The van der Waals surface area contributed by atoms with Crippen LogP contribution in [0.4, 0.5) is 0 Å². The van der Waals surface area contributed by atoms with E-state index in [2.05, 4.69) is 4.98 Å². The molecular formula is C18H19NO5S. The minimum Gasteiger partial charge on any atom is -0.495 e. The molecule has 0 aliphatic rings. The third kappa shape index (κ3) is 3.08. The smallest absolute Gasteiger partial charge is 0.161 e. The Morgan fingerprint density at radius 3 is 2.08 bits per heavy atom. The molecule has 2 aromatic carbocycles. The van der Waals surface area contributed by atoms with Crippen LogP contribution in [0.1, 0.15) is 16.7 Å². The molecule has 0 saturated carbocycles. The molecule has 3 rings (SSSR count). The highest BCUT2D eigenvalue weighted by Gasteiger charge is 2.21. The molecule has 1 heterocycles. The summed E-state index contributed by atoms with van der Waals surface area (Å²) >= 11 is 1.37. The predicted octanol–water partition coefficient (Wildman–Crippen LogP) is 3.41. The lowest BCUT2D eigenvalue weighted by molar-refractivity contribution is 0.219. The number of hydrogen-bond acceptors (Lipinski definition) is 7. The van der Waals surface area contributed by atoms with E-state index < -0.39 is 6.10 Å². The van der Waals surface area contributed by atoms with E-state index in [9.17, 15) is 5.11 Å². The summed E-state index contributed by atoms with van der Waals surface area (Å²) in [6.07, 6.45) is -0.897. The molecule has 7 heteroatoms. The Morgan fingerprint density at radius 1 is 0.840 bits per heavy atom. The first-order chi connectivity index (χ1) is 12.1. The summed E-state index contributed by atoms with van der Waals surface area (Å²) < 4.78 is 22.1. The molecule has 0 fully saturated rings. The second-order valence-electron chi connectivity index (χ2n) is 5.22. The molecule has 0 bridgehead atoms. The van der Waals surface area contributed by atoms with Crippen molar-refractivity contribution in [3.63, 3.8) is 0 Å². The lowest BCUT2D eigenvalue weighted by Crippen LogP contribution is -2.00. The summed E-state index contributed by atoms with van der Waals surface area (Å²) in [6.45, 7) is 0. The van der Waals surface area contributed by atoms with E-state index in [1.165, 1.54) is 11.3 Å². The van der Waals surface area contributed by atoms with E-state index in [0.717, 1.165) is 4.70 Å². The Hall–Kier alpha value is -2.51. The highest BCUT2D eigenvalue weighted by molar-refractivity contribution is 7.19. The van der Waals surface area contributed by atoms with Gasteiger partial charge >= 0.3 is 0 Å². The van der Waals surface area contributed by atoms with E-state index >= 15 is 0 Å². The van der Waals surface area contributed by atoms with Gasteiger partial charge in [0.25, 0.3) is 0 Å². The maximum Gasteiger partial charge on any atom is 0.161 e. The van der Waals surface area contributed by atoms with E-state index in [1.54, 1.807) is 52.7 Å². The van der Waals surface area contributed by atoms with E-state index in [-0.39, 0.29) is 0 Å². The van der Waals surface area contributed by atoms with E-state index in [0.29, 0.717) is 39.1 Å². The fourth-order valence-corrected chi connectivity index (χ4v) is 3.67. The SMILES string of the molecule is COc1ccc(C(O)c2nc3c(OC)ccc(OC)c3s2)cc1OC. The highest BCUT2D eigenvalue weighted by atomic mass is 32.1. The maximum absolute atomic E-state index is 10.8. The Labute approximate surface area is 149 Å². The molecule has 25 heavy (non-hydrogen) atoms. The number of thiazole rings is 1. The molecule has 3 aromatic rings. The average molecular weight is 361 g/mol. The number of ether oxygens (including phenoxy) is 4. The first-order valence-corrected chi connectivity index (χ1v) is 8.36. The molecule has 1 unspecified atom stereocenters. The Balaban J connectivity index is 2.07. The van der Waals surface area contributed by atoms with Gasteiger partial charge in [0.2, 0.25) is 0 Å². The Bertz CT molecular complexity index is 852. The second-order valence-corrected chi connectivity index (χ2v) is 6.25. The van der Waals surface area contributed by atoms with Crippen molar-refractivity contribution in [2.75, 3.05) is 28.4 Å². The van der Waals surface area contributed by atoms with Crippen LogP contribution in [0.5, 0.6) is 23.0 Å². The van der Waals surface area contributed by atoms with Gasteiger partial charge in [0.1, 0.15) is 32.8 Å². The summed E-state index contributed by atoms with van der Waals surface area (Å²) in [4.78, 5) is 4.56. The quantitative estimate of drug-likeness (QED) is 0.725. The van der Waals surface area contributed by atoms with Gasteiger partial charge in [0.15, 0.2) is 11.5 Å². The van der Waals surface area contributed by atoms with Gasteiger partial charge in [-0.2, -0.15) is 0 Å². The molecule has 1 aromatic heterocycles. The van der Waals surface area contributed by atoms with Crippen LogP contribution in [-0.4, -0.2) is 38.5 Å². The summed E-state index contributed by atoms with van der Waals surface area (Å²) in [7, 11) is 6.32. The first-order valence-electron chi connectivity index (χ1n) is 7.54. The molecule has 0 amide bonds. The van der Waals surface area contributed by atoms with Gasteiger partial charge in [-0.1, -0.05) is 6.07 Å². The van der Waals surface area contributed by atoms with Gasteiger partial charge in [-0.3, -0.25) is 0 Å². The van der Waals surface area contributed by atoms with Crippen molar-refractivity contribution in [1.82, 2.24) is 4.98 Å². The number of methoxy groups -OCH3 is 4. The third-order valence-corrected chi connectivity index (χ3v) is 5.01. The zero-order valence-electron chi connectivity index (χ0n) is 14.4. The van der Waals surface area contributed by atoms with E-state index in [1.807, 2.05) is 6.07 Å². The van der Waals surface area contributed by atoms with Crippen molar-refractivity contribution in [2.45, 2.75) is 6.10 Å². The molecule has 0 saturated heterocycles. The van der Waals surface area contributed by atoms with Crippen LogP contribution in [0.3, 0.4) is 0 Å². The monoisotopic (exact) mass is 361 g/mol. The zero-order valence-corrected chi connectivity index (χ0v) is 15.2. The normalized spacial score (nSPS) is 12.0. The Kier molecular flexibility index (Phi) is 4.96. The fourth-order valence-electron chi connectivity index (χ4n) is 2.58. The standard InChI is InChI=1S/C18H19NO5S/c1-21-11-6-5-10(9-14(11)24-4)16(20)18-19-15-12(22-2)7-8-13(23-3)17(15)25-18/h5-9,16,20H,1-4H3. The van der Waals surface area contributed by atoms with Gasteiger partial charge in [0.05, 0.1) is 28.4 Å². The predicted molar refractivity (Wildman–Crippen MR) is 96.3 cm³/mol. The number of aromatic nitrogens is 1. The molecule has 0 aliphatic heterocycles. The van der Waals surface area contributed by atoms with Crippen LogP contribution in [0, 0.1) is 0 Å². The number of aliphatic hydroxyl groups excluding tert-OH is 1. The molecule has 0 radical (unpaired) electrons. The zero-order chi connectivity index (χ0) is 18.0. The molecule has 6 nitrogen and oxygen atoms in total. The summed E-state index contributed by atoms with van der Waals surface area (Å²) in [5.74, 6) is 2.48. The first kappa shape index (κ1) is 17.3. The number of nitrogens with zero attached hydrogens (tertiary/aromatic N) is 1. The van der Waals surface area contributed by atoms with Crippen molar-refractivity contribution in [1.29, 1.82) is 0 Å². The number of aliphatic hydroxyl groups is 1. The van der Waals surface area contributed by atoms with Crippen molar-refractivity contribution >= 4 is 21.6 Å². The highest BCUT2D eigenvalue weighted by Crippen LogP contribution is 2.40. The summed E-state index contributed by atoms with van der Waals surface area (Å²) in [5.41, 5.74) is 1.33. The van der Waals surface area contributed by atoms with Crippen LogP contribution in [0.15, 0.2) is 30.3 Å². The van der Waals surface area contributed by atoms with E-state index in [4.69, 9.17) is 18.9 Å².